The van der Waals surface area contributed by atoms with Gasteiger partial charge in [-0.05, 0) is 36.5 Å². The summed E-state index contributed by atoms with van der Waals surface area (Å²) >= 11 is 0. The van der Waals surface area contributed by atoms with Gasteiger partial charge in [-0.2, -0.15) is 0 Å². The first-order valence-corrected chi connectivity index (χ1v) is 12.6. The molecular formula is C32H48. The highest BCUT2D eigenvalue weighted by molar-refractivity contribution is 5.53. The second-order valence-electron chi connectivity index (χ2n) is 8.19. The zero-order chi connectivity index (χ0) is 24.8. The van der Waals surface area contributed by atoms with Crippen LogP contribution in [0.3, 0.4) is 0 Å². The molecule has 1 aliphatic carbocycles. The summed E-state index contributed by atoms with van der Waals surface area (Å²) in [7, 11) is 0. The SMILES string of the molecule is CC.CC.CC.Cc1ccc(C(C)(C2=CC=CC(C)(C(C)C)C=C2)c2ccccc2)cc1. The first-order valence-electron chi connectivity index (χ1n) is 12.6. The molecule has 2 aromatic rings. The van der Waals surface area contributed by atoms with Gasteiger partial charge in [0.1, 0.15) is 0 Å². The molecule has 0 radical (unpaired) electrons. The van der Waals surface area contributed by atoms with E-state index in [0.29, 0.717) is 5.92 Å². The van der Waals surface area contributed by atoms with Crippen LogP contribution in [-0.2, 0) is 5.41 Å². The molecule has 0 saturated heterocycles. The zero-order valence-corrected chi connectivity index (χ0v) is 22.7. The summed E-state index contributed by atoms with van der Waals surface area (Å²) in [6.07, 6.45) is 11.6. The van der Waals surface area contributed by atoms with Crippen molar-refractivity contribution in [1.82, 2.24) is 0 Å². The van der Waals surface area contributed by atoms with Gasteiger partial charge in [-0.25, -0.2) is 0 Å². The Labute approximate surface area is 200 Å². The molecule has 0 nitrogen and oxygen atoms in total. The Bertz CT molecular complexity index is 833. The molecule has 0 saturated carbocycles. The molecule has 0 amide bonds. The van der Waals surface area contributed by atoms with Gasteiger partial charge in [-0.15, -0.1) is 0 Å². The second kappa shape index (κ2) is 14.7. The average Bonchev–Trinajstić information content (AvgIpc) is 3.06. The lowest BCUT2D eigenvalue weighted by molar-refractivity contribution is 0.383. The van der Waals surface area contributed by atoms with E-state index in [-0.39, 0.29) is 10.8 Å². The summed E-state index contributed by atoms with van der Waals surface area (Å²) in [6.45, 7) is 23.4. The molecule has 0 aliphatic heterocycles. The lowest BCUT2D eigenvalue weighted by atomic mass is 9.70. The van der Waals surface area contributed by atoms with Crippen molar-refractivity contribution in [2.24, 2.45) is 11.3 Å². The molecule has 0 heteroatoms. The third-order valence-electron chi connectivity index (χ3n) is 6.15. The van der Waals surface area contributed by atoms with Crippen molar-refractivity contribution in [2.45, 2.75) is 81.6 Å². The van der Waals surface area contributed by atoms with Crippen molar-refractivity contribution < 1.29 is 0 Å². The Hall–Kier alpha value is -2.34. The van der Waals surface area contributed by atoms with Crippen LogP contribution in [0.4, 0.5) is 0 Å². The summed E-state index contributed by atoms with van der Waals surface area (Å²) in [4.78, 5) is 0. The van der Waals surface area contributed by atoms with Crippen molar-refractivity contribution >= 4 is 0 Å². The largest absolute Gasteiger partial charge is 0.0745 e. The van der Waals surface area contributed by atoms with Crippen LogP contribution in [0.25, 0.3) is 0 Å². The first kappa shape index (κ1) is 29.7. The van der Waals surface area contributed by atoms with Gasteiger partial charge in [0.2, 0.25) is 0 Å². The lowest BCUT2D eigenvalue weighted by Gasteiger charge is -2.33. The van der Waals surface area contributed by atoms with Gasteiger partial charge >= 0.3 is 0 Å². The van der Waals surface area contributed by atoms with Crippen LogP contribution in [0.2, 0.25) is 0 Å². The Morgan fingerprint density at radius 1 is 0.719 bits per heavy atom. The van der Waals surface area contributed by atoms with E-state index in [1.54, 1.807) is 0 Å². The minimum absolute atomic E-state index is 0.0864. The fourth-order valence-corrected chi connectivity index (χ4v) is 3.62. The minimum atomic E-state index is -0.183. The minimum Gasteiger partial charge on any atom is -0.0745 e. The summed E-state index contributed by atoms with van der Waals surface area (Å²) in [5.41, 5.74) is 5.17. The molecule has 2 unspecified atom stereocenters. The topological polar surface area (TPSA) is 0 Å². The van der Waals surface area contributed by atoms with E-state index in [1.165, 1.54) is 22.3 Å². The summed E-state index contributed by atoms with van der Waals surface area (Å²) < 4.78 is 0. The Balaban J connectivity index is 0.00000148. The van der Waals surface area contributed by atoms with Crippen LogP contribution in [0.1, 0.15) is 85.9 Å². The normalized spacial score (nSPS) is 18.4. The third-order valence-corrected chi connectivity index (χ3v) is 6.15. The zero-order valence-electron chi connectivity index (χ0n) is 22.7. The molecule has 0 aromatic heterocycles. The number of hydrogen-bond acceptors (Lipinski definition) is 0. The van der Waals surface area contributed by atoms with Gasteiger partial charge in [-0.3, -0.25) is 0 Å². The number of allylic oxidation sites excluding steroid dienone is 6. The highest BCUT2D eigenvalue weighted by Crippen LogP contribution is 2.42. The fourth-order valence-electron chi connectivity index (χ4n) is 3.62. The van der Waals surface area contributed by atoms with E-state index in [9.17, 15) is 0 Å². The standard InChI is InChI=1S/C26H30.3C2H6/c1-20(2)25(4)18-9-12-23(17-19-25)26(5,22-10-7-6-8-11-22)24-15-13-21(3)14-16-24;3*1-2/h6-20H,1-5H3;3*1-2H3. The van der Waals surface area contributed by atoms with Crippen LogP contribution in [0, 0.1) is 18.3 Å². The lowest BCUT2D eigenvalue weighted by Crippen LogP contribution is -2.26. The highest BCUT2D eigenvalue weighted by Gasteiger charge is 2.33. The highest BCUT2D eigenvalue weighted by atomic mass is 14.4. The van der Waals surface area contributed by atoms with E-state index in [0.717, 1.165) is 0 Å². The second-order valence-corrected chi connectivity index (χ2v) is 8.19. The Morgan fingerprint density at radius 2 is 1.22 bits per heavy atom. The molecule has 0 N–H and O–H groups in total. The van der Waals surface area contributed by atoms with Crippen LogP contribution in [0.15, 0.2) is 90.6 Å². The predicted octanol–water partition coefficient (Wildman–Crippen LogP) is 10.1. The van der Waals surface area contributed by atoms with Crippen LogP contribution >= 0.6 is 0 Å². The Kier molecular flexibility index (Phi) is 13.6. The van der Waals surface area contributed by atoms with E-state index in [1.807, 2.05) is 41.5 Å². The molecular weight excluding hydrogens is 384 g/mol. The molecule has 3 rings (SSSR count). The molecule has 0 bridgehead atoms. The van der Waals surface area contributed by atoms with E-state index >= 15 is 0 Å². The molecule has 0 fully saturated rings. The van der Waals surface area contributed by atoms with Gasteiger partial charge in [0.15, 0.2) is 0 Å². The molecule has 2 aromatic carbocycles. The van der Waals surface area contributed by atoms with Gasteiger partial charge in [0.25, 0.3) is 0 Å². The smallest absolute Gasteiger partial charge is 0.0423 e. The van der Waals surface area contributed by atoms with Crippen LogP contribution in [-0.4, -0.2) is 0 Å². The molecule has 0 spiro atoms. The summed E-state index contributed by atoms with van der Waals surface area (Å²) in [5.74, 6) is 0.560. The van der Waals surface area contributed by atoms with Crippen LogP contribution in [0.5, 0.6) is 0 Å². The van der Waals surface area contributed by atoms with E-state index < -0.39 is 0 Å². The van der Waals surface area contributed by atoms with Gasteiger partial charge in [0, 0.05) is 10.8 Å². The van der Waals surface area contributed by atoms with Crippen LogP contribution < -0.4 is 0 Å². The van der Waals surface area contributed by atoms with E-state index in [4.69, 9.17) is 0 Å². The molecule has 32 heavy (non-hydrogen) atoms. The van der Waals surface area contributed by atoms with Gasteiger partial charge < -0.3 is 0 Å². The number of benzene rings is 2. The number of aryl methyl sites for hydroxylation is 1. The summed E-state index contributed by atoms with van der Waals surface area (Å²) in [5, 5.41) is 0. The number of hydrogen-bond donors (Lipinski definition) is 0. The maximum absolute atomic E-state index is 2.38. The van der Waals surface area contributed by atoms with Crippen molar-refractivity contribution in [1.29, 1.82) is 0 Å². The average molecular weight is 433 g/mol. The number of rotatable bonds is 4. The maximum Gasteiger partial charge on any atom is 0.0423 e. The molecule has 1 aliphatic rings. The monoisotopic (exact) mass is 432 g/mol. The molecule has 176 valence electrons. The Morgan fingerprint density at radius 3 is 1.72 bits per heavy atom. The van der Waals surface area contributed by atoms with Gasteiger partial charge in [-0.1, -0.05) is 153 Å². The predicted molar refractivity (Wildman–Crippen MR) is 147 cm³/mol. The fraction of sp³-hybridized carbons (Fsp3) is 0.438. The van der Waals surface area contributed by atoms with Crippen molar-refractivity contribution in [2.75, 3.05) is 0 Å². The quantitative estimate of drug-likeness (QED) is 0.451. The third kappa shape index (κ3) is 7.09. The van der Waals surface area contributed by atoms with Crippen molar-refractivity contribution in [3.63, 3.8) is 0 Å². The van der Waals surface area contributed by atoms with Crippen molar-refractivity contribution in [3.05, 3.63) is 107 Å². The molecule has 0 heterocycles. The molecule has 2 atom stereocenters. The summed E-state index contributed by atoms with van der Waals surface area (Å²) in [6, 6.07) is 19.8. The maximum atomic E-state index is 2.38. The first-order chi connectivity index (χ1) is 15.4. The van der Waals surface area contributed by atoms with Crippen molar-refractivity contribution in [3.8, 4) is 0 Å². The van der Waals surface area contributed by atoms with Gasteiger partial charge in [0.05, 0.1) is 0 Å². The van der Waals surface area contributed by atoms with E-state index in [2.05, 4.69) is 120 Å².